The molecule has 23 heavy (non-hydrogen) atoms. The van der Waals surface area contributed by atoms with E-state index in [0.29, 0.717) is 5.82 Å². The quantitative estimate of drug-likeness (QED) is 0.603. The molecule has 0 fully saturated rings. The highest BCUT2D eigenvalue weighted by atomic mass is 32.1. The molecule has 0 saturated heterocycles. The summed E-state index contributed by atoms with van der Waals surface area (Å²) in [4.78, 5) is 21.4. The lowest BCUT2D eigenvalue weighted by molar-refractivity contribution is -0.115. The first kappa shape index (κ1) is 13.6. The van der Waals surface area contributed by atoms with Gasteiger partial charge in [-0.15, -0.1) is 11.3 Å². The van der Waals surface area contributed by atoms with Crippen LogP contribution in [-0.4, -0.2) is 30.5 Å². The van der Waals surface area contributed by atoms with Gasteiger partial charge in [0, 0.05) is 41.8 Å². The van der Waals surface area contributed by atoms with E-state index < -0.39 is 0 Å². The molecule has 0 saturated carbocycles. The number of anilines is 1. The first-order valence-electron chi connectivity index (χ1n) is 6.95. The topological polar surface area (TPSA) is 88.0 Å². The van der Waals surface area contributed by atoms with Gasteiger partial charge in [-0.3, -0.25) is 19.3 Å². The zero-order chi connectivity index (χ0) is 15.6. The average Bonchev–Trinajstić information content (AvgIpc) is 3.24. The van der Waals surface area contributed by atoms with Crippen LogP contribution in [0.1, 0.15) is 5.69 Å². The molecule has 0 aliphatic heterocycles. The van der Waals surface area contributed by atoms with E-state index in [1.165, 1.54) is 11.3 Å². The molecule has 1 amide bonds. The number of nitrogens with one attached hydrogen (secondary N) is 2. The highest BCUT2D eigenvalue weighted by Gasteiger charge is 2.11. The predicted octanol–water partition coefficient (Wildman–Crippen LogP) is 2.36. The average molecular weight is 324 g/mol. The summed E-state index contributed by atoms with van der Waals surface area (Å²) in [5.74, 6) is 0.339. The lowest BCUT2D eigenvalue weighted by Gasteiger charge is -1.98. The van der Waals surface area contributed by atoms with E-state index in [4.69, 9.17) is 0 Å². The van der Waals surface area contributed by atoms with Gasteiger partial charge in [0.1, 0.15) is 0 Å². The van der Waals surface area contributed by atoms with Crippen molar-refractivity contribution < 1.29 is 4.79 Å². The number of hydrogen-bond donors (Lipinski definition) is 2. The Bertz CT molecular complexity index is 926. The molecule has 8 heteroatoms. The molecule has 4 heterocycles. The second-order valence-corrected chi connectivity index (χ2v) is 5.83. The van der Waals surface area contributed by atoms with Gasteiger partial charge in [0.05, 0.1) is 17.8 Å². The van der Waals surface area contributed by atoms with Crippen molar-refractivity contribution in [2.75, 3.05) is 5.32 Å². The van der Waals surface area contributed by atoms with Gasteiger partial charge in [-0.25, -0.2) is 4.98 Å². The van der Waals surface area contributed by atoms with Crippen LogP contribution < -0.4 is 5.32 Å². The number of fused-ring (bicyclic) bond motifs is 1. The van der Waals surface area contributed by atoms with Gasteiger partial charge in [0.25, 0.3) is 0 Å². The van der Waals surface area contributed by atoms with Gasteiger partial charge >= 0.3 is 0 Å². The number of hydrogen-bond acceptors (Lipinski definition) is 5. The molecule has 2 N–H and O–H groups in total. The number of H-pyrrole nitrogens is 1. The Morgan fingerprint density at radius 2 is 2.22 bits per heavy atom. The van der Waals surface area contributed by atoms with Crippen LogP contribution in [0.25, 0.3) is 16.2 Å². The van der Waals surface area contributed by atoms with Crippen LogP contribution in [-0.2, 0) is 11.2 Å². The maximum Gasteiger partial charge on any atom is 0.231 e. The van der Waals surface area contributed by atoms with Crippen LogP contribution >= 0.6 is 11.3 Å². The van der Waals surface area contributed by atoms with Crippen molar-refractivity contribution in [1.29, 1.82) is 0 Å². The fraction of sp³-hybridized carbons (Fsp3) is 0.0667. The number of aromatic nitrogens is 5. The second kappa shape index (κ2) is 5.65. The Hall–Kier alpha value is -3.00. The number of pyridine rings is 1. The van der Waals surface area contributed by atoms with E-state index in [0.717, 1.165) is 21.9 Å². The third kappa shape index (κ3) is 2.84. The number of aromatic amines is 1. The fourth-order valence-electron chi connectivity index (χ4n) is 2.28. The Morgan fingerprint density at radius 1 is 1.35 bits per heavy atom. The lowest BCUT2D eigenvalue weighted by Crippen LogP contribution is -2.14. The minimum atomic E-state index is -0.150. The lowest BCUT2D eigenvalue weighted by atomic mass is 10.2. The first-order valence-corrected chi connectivity index (χ1v) is 7.82. The van der Waals surface area contributed by atoms with E-state index in [1.807, 2.05) is 34.3 Å². The number of nitrogens with zero attached hydrogens (tertiary/aromatic N) is 4. The van der Waals surface area contributed by atoms with Crippen LogP contribution in [0.5, 0.6) is 0 Å². The predicted molar refractivity (Wildman–Crippen MR) is 87.2 cm³/mol. The van der Waals surface area contributed by atoms with Crippen molar-refractivity contribution in [3.05, 3.63) is 54.1 Å². The maximum atomic E-state index is 12.1. The Balaban J connectivity index is 1.44. The zero-order valence-corrected chi connectivity index (χ0v) is 12.7. The monoisotopic (exact) mass is 324 g/mol. The molecular weight excluding hydrogens is 312 g/mol. The van der Waals surface area contributed by atoms with Crippen LogP contribution in [0.3, 0.4) is 0 Å². The first-order chi connectivity index (χ1) is 11.3. The molecule has 114 valence electrons. The third-order valence-corrected chi connectivity index (χ3v) is 4.09. The number of thiazole rings is 1. The maximum absolute atomic E-state index is 12.1. The Kier molecular flexibility index (Phi) is 3.35. The standard InChI is InChI=1S/C15H12N6OS/c22-14(7-11-9-21-5-6-23-15(21)17-11)18-13-8-12(19-20-13)10-1-3-16-4-2-10/h1-6,8-9H,7H2,(H2,18,19,20,22). The van der Waals surface area contributed by atoms with Gasteiger partial charge in [-0.1, -0.05) is 0 Å². The molecule has 0 aliphatic rings. The summed E-state index contributed by atoms with van der Waals surface area (Å²) in [5, 5.41) is 11.7. The molecule has 0 aromatic carbocycles. The highest BCUT2D eigenvalue weighted by Crippen LogP contribution is 2.18. The van der Waals surface area contributed by atoms with Crippen molar-refractivity contribution in [3.63, 3.8) is 0 Å². The number of amides is 1. The van der Waals surface area contributed by atoms with Gasteiger partial charge in [-0.2, -0.15) is 5.10 Å². The minimum absolute atomic E-state index is 0.150. The van der Waals surface area contributed by atoms with Crippen molar-refractivity contribution in [2.24, 2.45) is 0 Å². The van der Waals surface area contributed by atoms with Gasteiger partial charge < -0.3 is 5.32 Å². The van der Waals surface area contributed by atoms with Gasteiger partial charge in [0.2, 0.25) is 5.91 Å². The number of carbonyl (C=O) groups excluding carboxylic acids is 1. The normalized spacial score (nSPS) is 11.0. The summed E-state index contributed by atoms with van der Waals surface area (Å²) in [6.07, 6.45) is 7.41. The van der Waals surface area contributed by atoms with E-state index in [9.17, 15) is 4.79 Å². The van der Waals surface area contributed by atoms with Crippen LogP contribution in [0.15, 0.2) is 48.4 Å². The molecule has 0 radical (unpaired) electrons. The SMILES string of the molecule is O=C(Cc1cn2ccsc2n1)Nc1cc(-c2ccncc2)[nH]n1. The third-order valence-electron chi connectivity index (χ3n) is 3.32. The Labute approximate surface area is 135 Å². The summed E-state index contributed by atoms with van der Waals surface area (Å²) in [6, 6.07) is 5.53. The van der Waals surface area contributed by atoms with Gasteiger partial charge in [0.15, 0.2) is 10.8 Å². The van der Waals surface area contributed by atoms with Crippen molar-refractivity contribution in [3.8, 4) is 11.3 Å². The van der Waals surface area contributed by atoms with Crippen LogP contribution in [0.2, 0.25) is 0 Å². The van der Waals surface area contributed by atoms with E-state index in [2.05, 4.69) is 25.5 Å². The molecule has 4 aromatic rings. The molecular formula is C15H12N6OS. The molecule has 7 nitrogen and oxygen atoms in total. The van der Waals surface area contributed by atoms with Crippen molar-refractivity contribution >= 4 is 28.0 Å². The zero-order valence-electron chi connectivity index (χ0n) is 11.9. The largest absolute Gasteiger partial charge is 0.309 e. The summed E-state index contributed by atoms with van der Waals surface area (Å²) in [6.45, 7) is 0. The van der Waals surface area contributed by atoms with Gasteiger partial charge in [-0.05, 0) is 12.1 Å². The molecule has 0 aliphatic carbocycles. The molecule has 4 aromatic heterocycles. The van der Waals surface area contributed by atoms with Crippen molar-refractivity contribution in [2.45, 2.75) is 6.42 Å². The fourth-order valence-corrected chi connectivity index (χ4v) is 3.00. The number of carbonyl (C=O) groups is 1. The molecule has 0 bridgehead atoms. The highest BCUT2D eigenvalue weighted by molar-refractivity contribution is 7.15. The molecule has 0 spiro atoms. The number of rotatable bonds is 4. The smallest absolute Gasteiger partial charge is 0.231 e. The van der Waals surface area contributed by atoms with E-state index in [-0.39, 0.29) is 12.3 Å². The summed E-state index contributed by atoms with van der Waals surface area (Å²) >= 11 is 1.54. The second-order valence-electron chi connectivity index (χ2n) is 4.95. The van der Waals surface area contributed by atoms with Crippen molar-refractivity contribution in [1.82, 2.24) is 24.6 Å². The van der Waals surface area contributed by atoms with E-state index in [1.54, 1.807) is 18.5 Å². The molecule has 0 atom stereocenters. The summed E-state index contributed by atoms with van der Waals surface area (Å²) in [5.41, 5.74) is 2.52. The number of imidazole rings is 1. The van der Waals surface area contributed by atoms with E-state index >= 15 is 0 Å². The molecule has 0 unspecified atom stereocenters. The summed E-state index contributed by atoms with van der Waals surface area (Å²) in [7, 11) is 0. The summed E-state index contributed by atoms with van der Waals surface area (Å²) < 4.78 is 1.91. The van der Waals surface area contributed by atoms with Crippen LogP contribution in [0.4, 0.5) is 5.82 Å². The molecule has 4 rings (SSSR count). The van der Waals surface area contributed by atoms with Crippen LogP contribution in [0, 0.1) is 0 Å². The Morgan fingerprint density at radius 3 is 3.04 bits per heavy atom. The minimum Gasteiger partial charge on any atom is -0.309 e.